The fourth-order valence-electron chi connectivity index (χ4n) is 5.41. The van der Waals surface area contributed by atoms with Crippen molar-refractivity contribution in [1.82, 2.24) is 15.1 Å². The van der Waals surface area contributed by atoms with E-state index in [2.05, 4.69) is 39.9 Å². The minimum absolute atomic E-state index is 0.0313. The summed E-state index contributed by atoms with van der Waals surface area (Å²) in [6, 6.07) is 6.21. The lowest BCUT2D eigenvalue weighted by Crippen LogP contribution is -2.48. The molecule has 0 spiro atoms. The number of nitrogens with zero attached hydrogens (tertiary/aromatic N) is 2. The SMILES string of the molecule is CC(C)CCC(N)C(=O)N1CC(=O)C2C1CCN2C(=O)CC(C)CCNC(=O)c1ccc(C(C)(C)C)cc1. The Bertz CT molecular complexity index is 1010. The molecule has 8 heteroatoms. The summed E-state index contributed by atoms with van der Waals surface area (Å²) in [6.45, 7) is 13.5. The van der Waals surface area contributed by atoms with E-state index in [4.69, 9.17) is 5.73 Å². The number of benzene rings is 1. The zero-order chi connectivity index (χ0) is 28.2. The number of Topliss-reactive ketones (excluding diaryl/α,β-unsaturated/α-hetero) is 1. The Hall–Kier alpha value is -2.74. The van der Waals surface area contributed by atoms with Crippen LogP contribution in [0, 0.1) is 11.8 Å². The zero-order valence-corrected chi connectivity index (χ0v) is 24.0. The number of rotatable bonds is 10. The molecule has 2 aliphatic rings. The minimum atomic E-state index is -0.611. The van der Waals surface area contributed by atoms with Crippen LogP contribution < -0.4 is 11.1 Å². The molecule has 38 heavy (non-hydrogen) atoms. The van der Waals surface area contributed by atoms with Crippen LogP contribution in [0.3, 0.4) is 0 Å². The fraction of sp³-hybridized carbons (Fsp3) is 0.667. The molecule has 0 saturated carbocycles. The molecule has 0 aliphatic carbocycles. The highest BCUT2D eigenvalue weighted by atomic mass is 16.2. The van der Waals surface area contributed by atoms with Crippen molar-refractivity contribution in [2.45, 2.75) is 97.2 Å². The van der Waals surface area contributed by atoms with Crippen LogP contribution >= 0.6 is 0 Å². The van der Waals surface area contributed by atoms with Crippen molar-refractivity contribution in [3.63, 3.8) is 0 Å². The van der Waals surface area contributed by atoms with Crippen LogP contribution in [-0.4, -0.2) is 71.1 Å². The van der Waals surface area contributed by atoms with Crippen molar-refractivity contribution in [2.75, 3.05) is 19.6 Å². The topological polar surface area (TPSA) is 113 Å². The Morgan fingerprint density at radius 3 is 2.29 bits per heavy atom. The second-order valence-electron chi connectivity index (χ2n) is 12.6. The number of nitrogens with two attached hydrogens (primary N) is 1. The minimum Gasteiger partial charge on any atom is -0.352 e. The van der Waals surface area contributed by atoms with Crippen LogP contribution in [0.4, 0.5) is 0 Å². The highest BCUT2D eigenvalue weighted by Crippen LogP contribution is 2.31. The molecule has 2 saturated heterocycles. The summed E-state index contributed by atoms with van der Waals surface area (Å²) in [7, 11) is 0. The molecule has 3 N–H and O–H groups in total. The number of fused-ring (bicyclic) bond motifs is 1. The van der Waals surface area contributed by atoms with Gasteiger partial charge in [0.2, 0.25) is 11.8 Å². The van der Waals surface area contributed by atoms with Crippen LogP contribution in [0.1, 0.15) is 89.6 Å². The molecule has 2 aliphatic heterocycles. The Morgan fingerprint density at radius 2 is 1.68 bits per heavy atom. The van der Waals surface area contributed by atoms with Crippen molar-refractivity contribution in [3.8, 4) is 0 Å². The van der Waals surface area contributed by atoms with Crippen LogP contribution in [0.5, 0.6) is 0 Å². The number of amides is 3. The lowest BCUT2D eigenvalue weighted by atomic mass is 9.87. The number of carbonyl (C=O) groups is 4. The molecule has 3 amide bonds. The number of ketones is 1. The maximum atomic E-state index is 13.1. The first-order valence-electron chi connectivity index (χ1n) is 14.1. The second kappa shape index (κ2) is 12.4. The lowest BCUT2D eigenvalue weighted by molar-refractivity contribution is -0.137. The van der Waals surface area contributed by atoms with Gasteiger partial charge in [0.1, 0.15) is 6.04 Å². The van der Waals surface area contributed by atoms with E-state index >= 15 is 0 Å². The Labute approximate surface area is 227 Å². The van der Waals surface area contributed by atoms with Crippen LogP contribution in [0.25, 0.3) is 0 Å². The monoisotopic (exact) mass is 526 g/mol. The van der Waals surface area contributed by atoms with Gasteiger partial charge in [-0.05, 0) is 60.6 Å². The Kier molecular flexibility index (Phi) is 9.74. The summed E-state index contributed by atoms with van der Waals surface area (Å²) >= 11 is 0. The van der Waals surface area contributed by atoms with Gasteiger partial charge in [-0.2, -0.15) is 0 Å². The van der Waals surface area contributed by atoms with Crippen molar-refractivity contribution >= 4 is 23.5 Å². The molecular weight excluding hydrogens is 480 g/mol. The first-order valence-corrected chi connectivity index (χ1v) is 14.1. The highest BCUT2D eigenvalue weighted by Gasteiger charge is 2.51. The normalized spacial score (nSPS) is 21.0. The van der Waals surface area contributed by atoms with Gasteiger partial charge < -0.3 is 20.9 Å². The molecule has 0 aromatic heterocycles. The average molecular weight is 527 g/mol. The number of likely N-dealkylation sites (tertiary alicyclic amines) is 2. The molecule has 2 heterocycles. The Balaban J connectivity index is 1.47. The molecule has 1 aromatic rings. The predicted octanol–water partition coefficient (Wildman–Crippen LogP) is 3.27. The van der Waals surface area contributed by atoms with E-state index in [1.54, 1.807) is 9.80 Å². The predicted molar refractivity (Wildman–Crippen MR) is 149 cm³/mol. The van der Waals surface area contributed by atoms with Gasteiger partial charge in [0.25, 0.3) is 5.91 Å². The maximum Gasteiger partial charge on any atom is 0.251 e. The van der Waals surface area contributed by atoms with Gasteiger partial charge in [-0.25, -0.2) is 0 Å². The first kappa shape index (κ1) is 29.8. The average Bonchev–Trinajstić information content (AvgIpc) is 3.42. The number of hydrogen-bond donors (Lipinski definition) is 2. The van der Waals surface area contributed by atoms with Gasteiger partial charge in [0.05, 0.1) is 18.6 Å². The molecule has 8 nitrogen and oxygen atoms in total. The van der Waals surface area contributed by atoms with E-state index in [0.29, 0.717) is 50.3 Å². The second-order valence-corrected chi connectivity index (χ2v) is 12.6. The third-order valence-corrected chi connectivity index (χ3v) is 7.86. The van der Waals surface area contributed by atoms with E-state index < -0.39 is 12.1 Å². The van der Waals surface area contributed by atoms with Crippen molar-refractivity contribution in [1.29, 1.82) is 0 Å². The van der Waals surface area contributed by atoms with Gasteiger partial charge in [0, 0.05) is 25.1 Å². The van der Waals surface area contributed by atoms with Gasteiger partial charge in [-0.15, -0.1) is 0 Å². The molecule has 1 aromatic carbocycles. The summed E-state index contributed by atoms with van der Waals surface area (Å²) < 4.78 is 0. The van der Waals surface area contributed by atoms with Gasteiger partial charge in [-0.3, -0.25) is 19.2 Å². The van der Waals surface area contributed by atoms with Gasteiger partial charge in [-0.1, -0.05) is 53.7 Å². The quantitative estimate of drug-likeness (QED) is 0.486. The van der Waals surface area contributed by atoms with Gasteiger partial charge >= 0.3 is 0 Å². The third kappa shape index (κ3) is 7.22. The third-order valence-electron chi connectivity index (χ3n) is 7.86. The zero-order valence-electron chi connectivity index (χ0n) is 24.0. The summed E-state index contributed by atoms with van der Waals surface area (Å²) in [5, 5.41) is 2.95. The lowest BCUT2D eigenvalue weighted by Gasteiger charge is -2.27. The molecule has 0 bridgehead atoms. The summed E-state index contributed by atoms with van der Waals surface area (Å²) in [5.41, 5.74) is 7.97. The van der Waals surface area contributed by atoms with E-state index in [1.807, 2.05) is 31.2 Å². The van der Waals surface area contributed by atoms with Crippen LogP contribution in [0.2, 0.25) is 0 Å². The number of nitrogens with one attached hydrogen (secondary N) is 1. The molecular formula is C30H46N4O4. The van der Waals surface area contributed by atoms with E-state index in [0.717, 1.165) is 6.42 Å². The summed E-state index contributed by atoms with van der Waals surface area (Å²) in [4.78, 5) is 54.7. The molecule has 3 rings (SSSR count). The molecule has 0 radical (unpaired) electrons. The number of carbonyl (C=O) groups excluding carboxylic acids is 4. The maximum absolute atomic E-state index is 13.1. The van der Waals surface area contributed by atoms with E-state index in [-0.39, 0.29) is 47.4 Å². The van der Waals surface area contributed by atoms with E-state index in [1.165, 1.54) is 5.56 Å². The Morgan fingerprint density at radius 1 is 1.03 bits per heavy atom. The molecule has 4 atom stereocenters. The van der Waals surface area contributed by atoms with Crippen LogP contribution in [0.15, 0.2) is 24.3 Å². The fourth-order valence-corrected chi connectivity index (χ4v) is 5.41. The van der Waals surface area contributed by atoms with Crippen LogP contribution in [-0.2, 0) is 19.8 Å². The van der Waals surface area contributed by atoms with E-state index in [9.17, 15) is 19.2 Å². The highest BCUT2D eigenvalue weighted by molar-refractivity contribution is 5.98. The largest absolute Gasteiger partial charge is 0.352 e. The van der Waals surface area contributed by atoms with Crippen molar-refractivity contribution < 1.29 is 19.2 Å². The standard InChI is InChI=1S/C30H46N4O4/c1-19(2)7-12-23(31)29(38)34-18-25(35)27-24(34)14-16-33(27)26(36)17-20(3)13-15-32-28(37)21-8-10-22(11-9-21)30(4,5)6/h8-11,19-20,23-24,27H,7,12-18,31H2,1-6H3,(H,32,37). The molecule has 4 unspecified atom stereocenters. The summed E-state index contributed by atoms with van der Waals surface area (Å²) in [6.07, 6.45) is 3.01. The molecule has 2 fully saturated rings. The molecule has 210 valence electrons. The smallest absolute Gasteiger partial charge is 0.251 e. The summed E-state index contributed by atoms with van der Waals surface area (Å²) in [5.74, 6) is 0.0428. The van der Waals surface area contributed by atoms with Crippen molar-refractivity contribution in [3.05, 3.63) is 35.4 Å². The van der Waals surface area contributed by atoms with Gasteiger partial charge in [0.15, 0.2) is 5.78 Å². The first-order chi connectivity index (χ1) is 17.8. The van der Waals surface area contributed by atoms with Crippen molar-refractivity contribution in [2.24, 2.45) is 17.6 Å². The number of hydrogen-bond acceptors (Lipinski definition) is 5.